The van der Waals surface area contributed by atoms with E-state index in [1.807, 2.05) is 13.8 Å². The van der Waals surface area contributed by atoms with E-state index >= 15 is 0 Å². The molecule has 0 aliphatic rings. The first-order chi connectivity index (χ1) is 7.99. The maximum atomic E-state index is 13.1. The van der Waals surface area contributed by atoms with Crippen LogP contribution in [0.5, 0.6) is 0 Å². The largest absolute Gasteiger partial charge is 0.323 e. The van der Waals surface area contributed by atoms with Crippen molar-refractivity contribution in [1.82, 2.24) is 4.98 Å². The third kappa shape index (κ3) is 2.49. The van der Waals surface area contributed by atoms with Crippen molar-refractivity contribution in [3.8, 4) is 10.6 Å². The molecule has 1 aromatic carbocycles. The zero-order chi connectivity index (χ0) is 12.6. The normalized spacial score (nSPS) is 12.8. The van der Waals surface area contributed by atoms with E-state index in [0.29, 0.717) is 0 Å². The Hall–Kier alpha value is -0.970. The number of benzene rings is 1. The predicted octanol–water partition coefficient (Wildman–Crippen LogP) is 3.93. The lowest BCUT2D eigenvalue weighted by atomic mass is 10.2. The summed E-state index contributed by atoms with van der Waals surface area (Å²) in [7, 11) is 0. The molecule has 0 saturated carbocycles. The monoisotopic (exact) mass is 270 g/mol. The molecule has 1 unspecified atom stereocenters. The first-order valence-corrected chi connectivity index (χ1v) is 6.37. The van der Waals surface area contributed by atoms with E-state index in [1.165, 1.54) is 17.4 Å². The summed E-state index contributed by atoms with van der Waals surface area (Å²) in [5, 5.41) is 0.925. The molecule has 0 aliphatic heterocycles. The highest BCUT2D eigenvalue weighted by Gasteiger charge is 2.13. The number of halogens is 2. The Balaban J connectivity index is 2.46. The van der Waals surface area contributed by atoms with Crippen molar-refractivity contribution in [2.45, 2.75) is 19.9 Å². The van der Waals surface area contributed by atoms with Crippen molar-refractivity contribution in [3.63, 3.8) is 0 Å². The molecule has 0 saturated heterocycles. The second kappa shape index (κ2) is 4.72. The van der Waals surface area contributed by atoms with Gasteiger partial charge < -0.3 is 5.73 Å². The summed E-state index contributed by atoms with van der Waals surface area (Å²) in [6, 6.07) is 4.56. The topological polar surface area (TPSA) is 38.9 Å². The van der Waals surface area contributed by atoms with Crippen LogP contribution in [0.15, 0.2) is 18.2 Å². The number of nitrogens with zero attached hydrogens (tertiary/aromatic N) is 1. The molecule has 0 fully saturated rings. The molecular formula is C12H12ClFN2S. The fraction of sp³-hybridized carbons (Fsp3) is 0.250. The van der Waals surface area contributed by atoms with Gasteiger partial charge in [-0.3, -0.25) is 0 Å². The Bertz CT molecular complexity index is 551. The van der Waals surface area contributed by atoms with Crippen LogP contribution >= 0.6 is 22.9 Å². The van der Waals surface area contributed by atoms with Crippen LogP contribution in [-0.2, 0) is 0 Å². The minimum atomic E-state index is -0.420. The minimum absolute atomic E-state index is 0.0443. The fourth-order valence-electron chi connectivity index (χ4n) is 1.58. The van der Waals surface area contributed by atoms with Gasteiger partial charge >= 0.3 is 0 Å². The number of hydrogen-bond acceptors (Lipinski definition) is 3. The molecule has 0 aliphatic carbocycles. The number of aryl methyl sites for hydroxylation is 1. The molecule has 0 amide bonds. The van der Waals surface area contributed by atoms with Crippen LogP contribution < -0.4 is 5.73 Å². The van der Waals surface area contributed by atoms with Crippen molar-refractivity contribution in [1.29, 1.82) is 0 Å². The van der Waals surface area contributed by atoms with Crippen molar-refractivity contribution in [2.75, 3.05) is 0 Å². The average Bonchev–Trinajstić information content (AvgIpc) is 2.64. The number of thiazole rings is 1. The first-order valence-electron chi connectivity index (χ1n) is 5.17. The third-order valence-electron chi connectivity index (χ3n) is 2.41. The van der Waals surface area contributed by atoms with Crippen LogP contribution in [0.3, 0.4) is 0 Å². The van der Waals surface area contributed by atoms with Crippen LogP contribution in [0, 0.1) is 12.7 Å². The number of hydrogen-bond donors (Lipinski definition) is 1. The van der Waals surface area contributed by atoms with Crippen LogP contribution in [-0.4, -0.2) is 4.98 Å². The van der Waals surface area contributed by atoms with Gasteiger partial charge in [0.05, 0.1) is 10.7 Å². The van der Waals surface area contributed by atoms with E-state index < -0.39 is 5.82 Å². The lowest BCUT2D eigenvalue weighted by Gasteiger charge is -2.00. The maximum absolute atomic E-state index is 13.1. The second-order valence-corrected chi connectivity index (χ2v) is 5.32. The molecule has 17 heavy (non-hydrogen) atoms. The van der Waals surface area contributed by atoms with Gasteiger partial charge in [-0.15, -0.1) is 11.3 Å². The Labute approximate surface area is 108 Å². The average molecular weight is 271 g/mol. The molecule has 2 N–H and O–H groups in total. The van der Waals surface area contributed by atoms with Gasteiger partial charge in [0.15, 0.2) is 0 Å². The zero-order valence-electron chi connectivity index (χ0n) is 9.50. The first kappa shape index (κ1) is 12.5. The van der Waals surface area contributed by atoms with E-state index in [9.17, 15) is 4.39 Å². The van der Waals surface area contributed by atoms with E-state index in [1.54, 1.807) is 12.1 Å². The molecule has 2 rings (SSSR count). The summed E-state index contributed by atoms with van der Waals surface area (Å²) in [5.74, 6) is -0.420. The van der Waals surface area contributed by atoms with E-state index in [-0.39, 0.29) is 11.1 Å². The molecule has 0 bridgehead atoms. The van der Waals surface area contributed by atoms with Gasteiger partial charge in [-0.2, -0.15) is 0 Å². The number of aromatic nitrogens is 1. The van der Waals surface area contributed by atoms with Gasteiger partial charge in [-0.05, 0) is 32.0 Å². The summed E-state index contributed by atoms with van der Waals surface area (Å²) >= 11 is 7.27. The number of nitrogens with two attached hydrogens (primary N) is 1. The van der Waals surface area contributed by atoms with Crippen LogP contribution in [0.4, 0.5) is 4.39 Å². The summed E-state index contributed by atoms with van der Waals surface area (Å²) in [4.78, 5) is 5.47. The summed E-state index contributed by atoms with van der Waals surface area (Å²) in [6.45, 7) is 3.84. The molecule has 2 aromatic rings. The highest BCUT2D eigenvalue weighted by Crippen LogP contribution is 2.32. The highest BCUT2D eigenvalue weighted by atomic mass is 35.5. The smallest absolute Gasteiger partial charge is 0.141 e. The number of rotatable bonds is 2. The van der Waals surface area contributed by atoms with Gasteiger partial charge in [0.2, 0.25) is 0 Å². The molecule has 0 radical (unpaired) electrons. The molecule has 1 aromatic heterocycles. The standard InChI is InChI=1S/C12H12ClFN2S/c1-6(15)11-7(2)16-12(17-11)8-3-4-10(14)9(13)5-8/h3-6H,15H2,1-2H3. The lowest BCUT2D eigenvalue weighted by molar-refractivity contribution is 0.628. The molecule has 2 nitrogen and oxygen atoms in total. The molecule has 0 spiro atoms. The third-order valence-corrected chi connectivity index (χ3v) is 4.11. The van der Waals surface area contributed by atoms with Crippen LogP contribution in [0.1, 0.15) is 23.5 Å². The van der Waals surface area contributed by atoms with Crippen molar-refractivity contribution < 1.29 is 4.39 Å². The molecular weight excluding hydrogens is 259 g/mol. The second-order valence-electron chi connectivity index (χ2n) is 3.89. The molecule has 1 atom stereocenters. The van der Waals surface area contributed by atoms with Gasteiger partial charge in [-0.25, -0.2) is 9.37 Å². The van der Waals surface area contributed by atoms with Crippen molar-refractivity contribution in [2.24, 2.45) is 5.73 Å². The van der Waals surface area contributed by atoms with E-state index in [4.69, 9.17) is 17.3 Å². The fourth-order valence-corrected chi connectivity index (χ4v) is 2.78. The Kier molecular flexibility index (Phi) is 3.47. The minimum Gasteiger partial charge on any atom is -0.323 e. The summed E-state index contributed by atoms with van der Waals surface area (Å²) in [6.07, 6.45) is 0. The molecule has 90 valence electrons. The summed E-state index contributed by atoms with van der Waals surface area (Å²) < 4.78 is 13.1. The summed E-state index contributed by atoms with van der Waals surface area (Å²) in [5.41, 5.74) is 7.58. The maximum Gasteiger partial charge on any atom is 0.141 e. The van der Waals surface area contributed by atoms with Gasteiger partial charge in [-0.1, -0.05) is 11.6 Å². The van der Waals surface area contributed by atoms with E-state index in [0.717, 1.165) is 21.1 Å². The highest BCUT2D eigenvalue weighted by molar-refractivity contribution is 7.15. The van der Waals surface area contributed by atoms with E-state index in [2.05, 4.69) is 4.98 Å². The van der Waals surface area contributed by atoms with Gasteiger partial charge in [0, 0.05) is 16.5 Å². The van der Waals surface area contributed by atoms with Gasteiger partial charge in [0.1, 0.15) is 10.8 Å². The Morgan fingerprint density at radius 1 is 1.47 bits per heavy atom. The van der Waals surface area contributed by atoms with Gasteiger partial charge in [0.25, 0.3) is 0 Å². The van der Waals surface area contributed by atoms with Crippen molar-refractivity contribution >= 4 is 22.9 Å². The lowest BCUT2D eigenvalue weighted by Crippen LogP contribution is -2.03. The quantitative estimate of drug-likeness (QED) is 0.898. The van der Waals surface area contributed by atoms with Crippen LogP contribution in [0.2, 0.25) is 5.02 Å². The van der Waals surface area contributed by atoms with Crippen molar-refractivity contribution in [3.05, 3.63) is 39.6 Å². The molecule has 5 heteroatoms. The SMILES string of the molecule is Cc1nc(-c2ccc(F)c(Cl)c2)sc1C(C)N. The zero-order valence-corrected chi connectivity index (χ0v) is 11.1. The predicted molar refractivity (Wildman–Crippen MR) is 69.9 cm³/mol. The Morgan fingerprint density at radius 3 is 2.71 bits per heavy atom. The van der Waals surface area contributed by atoms with Crippen LogP contribution in [0.25, 0.3) is 10.6 Å². The Morgan fingerprint density at radius 2 is 2.18 bits per heavy atom. The molecule has 1 heterocycles.